The summed E-state index contributed by atoms with van der Waals surface area (Å²) in [5.41, 5.74) is -0.124. The fraction of sp³-hybridized carbons (Fsp3) is 0.933. The lowest BCUT2D eigenvalue weighted by Crippen LogP contribution is -2.38. The summed E-state index contributed by atoms with van der Waals surface area (Å²) in [6, 6.07) is 0. The highest BCUT2D eigenvalue weighted by atomic mass is 19.4. The number of carbonyl (C=O) groups is 1. The van der Waals surface area contributed by atoms with Gasteiger partial charge in [0.2, 0.25) is 5.78 Å². The van der Waals surface area contributed by atoms with Crippen LogP contribution in [0.1, 0.15) is 59.8 Å². The van der Waals surface area contributed by atoms with Gasteiger partial charge >= 0.3 is 6.18 Å². The van der Waals surface area contributed by atoms with E-state index in [9.17, 15) is 18.0 Å². The zero-order chi connectivity index (χ0) is 15.6. The first-order valence-corrected chi connectivity index (χ1v) is 7.18. The highest BCUT2D eigenvalue weighted by Gasteiger charge is 2.39. The molecule has 118 valence electrons. The van der Waals surface area contributed by atoms with Crippen LogP contribution in [-0.4, -0.2) is 24.2 Å². The Labute approximate surface area is 119 Å². The summed E-state index contributed by atoms with van der Waals surface area (Å²) in [7, 11) is 0. The molecular formula is C15H25F3O2. The van der Waals surface area contributed by atoms with Crippen molar-refractivity contribution in [3.05, 3.63) is 0 Å². The van der Waals surface area contributed by atoms with Crippen LogP contribution in [0.4, 0.5) is 13.2 Å². The molecule has 0 atom stereocenters. The van der Waals surface area contributed by atoms with Crippen LogP contribution >= 0.6 is 0 Å². The first-order valence-electron chi connectivity index (χ1n) is 7.18. The fourth-order valence-electron chi connectivity index (χ4n) is 2.77. The van der Waals surface area contributed by atoms with Crippen molar-refractivity contribution >= 4 is 5.78 Å². The van der Waals surface area contributed by atoms with Crippen LogP contribution in [0.3, 0.4) is 0 Å². The minimum Gasteiger partial charge on any atom is -0.375 e. The fourth-order valence-corrected chi connectivity index (χ4v) is 2.77. The van der Waals surface area contributed by atoms with E-state index >= 15 is 0 Å². The van der Waals surface area contributed by atoms with Crippen molar-refractivity contribution in [3.8, 4) is 0 Å². The molecule has 1 aliphatic carbocycles. The molecule has 0 N–H and O–H groups in total. The Morgan fingerprint density at radius 3 is 2.10 bits per heavy atom. The zero-order valence-electron chi connectivity index (χ0n) is 12.8. The molecular weight excluding hydrogens is 269 g/mol. The molecule has 0 aromatic heterocycles. The van der Waals surface area contributed by atoms with E-state index in [4.69, 9.17) is 4.74 Å². The summed E-state index contributed by atoms with van der Waals surface area (Å²) in [4.78, 5) is 10.8. The highest BCUT2D eigenvalue weighted by Crippen LogP contribution is 2.42. The van der Waals surface area contributed by atoms with Crippen molar-refractivity contribution in [1.82, 2.24) is 0 Å². The number of halogens is 3. The molecule has 0 unspecified atom stereocenters. The Morgan fingerprint density at radius 1 is 1.20 bits per heavy atom. The lowest BCUT2D eigenvalue weighted by atomic mass is 9.69. The lowest BCUT2D eigenvalue weighted by Gasteiger charge is -2.42. The topological polar surface area (TPSA) is 26.3 Å². The van der Waals surface area contributed by atoms with Gasteiger partial charge < -0.3 is 4.74 Å². The van der Waals surface area contributed by atoms with Crippen LogP contribution in [-0.2, 0) is 9.53 Å². The summed E-state index contributed by atoms with van der Waals surface area (Å²) in [6.45, 7) is 8.43. The van der Waals surface area contributed by atoms with E-state index in [-0.39, 0.29) is 17.6 Å². The third-order valence-corrected chi connectivity index (χ3v) is 4.36. The van der Waals surface area contributed by atoms with E-state index in [1.54, 1.807) is 0 Å². The quantitative estimate of drug-likeness (QED) is 0.762. The second kappa shape index (κ2) is 6.04. The van der Waals surface area contributed by atoms with Gasteiger partial charge in [-0.05, 0) is 43.9 Å². The van der Waals surface area contributed by atoms with Gasteiger partial charge in [0.25, 0.3) is 0 Å². The number of Topliss-reactive ketones (excluding diaryl/α,β-unsaturated/α-hetero) is 1. The number of ketones is 1. The maximum atomic E-state index is 12.1. The molecule has 1 saturated carbocycles. The molecule has 0 aromatic carbocycles. The van der Waals surface area contributed by atoms with Gasteiger partial charge in [0, 0.05) is 6.42 Å². The van der Waals surface area contributed by atoms with Gasteiger partial charge in [-0.15, -0.1) is 0 Å². The van der Waals surface area contributed by atoms with Crippen LogP contribution in [0, 0.1) is 11.3 Å². The number of rotatable bonds is 4. The van der Waals surface area contributed by atoms with Crippen LogP contribution in [0.25, 0.3) is 0 Å². The Morgan fingerprint density at radius 2 is 1.70 bits per heavy atom. The van der Waals surface area contributed by atoms with Crippen molar-refractivity contribution in [2.45, 2.75) is 71.6 Å². The van der Waals surface area contributed by atoms with Crippen LogP contribution in [0.15, 0.2) is 0 Å². The van der Waals surface area contributed by atoms with Crippen molar-refractivity contribution in [3.63, 3.8) is 0 Å². The Balaban J connectivity index is 2.37. The SMILES string of the molecule is CC1(OCCC(=O)C(F)(F)F)CCC(C(C)(C)C)CC1. The summed E-state index contributed by atoms with van der Waals surface area (Å²) in [5.74, 6) is -1.08. The molecule has 1 aliphatic rings. The Bertz CT molecular complexity index is 334. The van der Waals surface area contributed by atoms with Crippen LogP contribution < -0.4 is 0 Å². The molecule has 0 heterocycles. The number of alkyl halides is 3. The predicted molar refractivity (Wildman–Crippen MR) is 71.4 cm³/mol. The summed E-state index contributed by atoms with van der Waals surface area (Å²) in [6.07, 6.45) is -1.60. The molecule has 0 saturated heterocycles. The summed E-state index contributed by atoms with van der Waals surface area (Å²) >= 11 is 0. The van der Waals surface area contributed by atoms with Gasteiger partial charge in [0.05, 0.1) is 12.2 Å². The van der Waals surface area contributed by atoms with Crippen molar-refractivity contribution in [2.75, 3.05) is 6.61 Å². The molecule has 0 bridgehead atoms. The number of carbonyl (C=O) groups excluding carboxylic acids is 1. The van der Waals surface area contributed by atoms with E-state index in [0.717, 1.165) is 25.7 Å². The Kier molecular flexibility index (Phi) is 5.28. The van der Waals surface area contributed by atoms with Gasteiger partial charge in [-0.3, -0.25) is 4.79 Å². The van der Waals surface area contributed by atoms with Gasteiger partial charge in [0.15, 0.2) is 0 Å². The monoisotopic (exact) mass is 294 g/mol. The minimum absolute atomic E-state index is 0.144. The van der Waals surface area contributed by atoms with Crippen molar-refractivity contribution in [2.24, 2.45) is 11.3 Å². The summed E-state index contributed by atoms with van der Waals surface area (Å²) in [5, 5.41) is 0. The van der Waals surface area contributed by atoms with Gasteiger partial charge in [-0.2, -0.15) is 13.2 Å². The molecule has 0 aliphatic heterocycles. The van der Waals surface area contributed by atoms with Gasteiger partial charge in [-0.1, -0.05) is 20.8 Å². The molecule has 5 heteroatoms. The first-order chi connectivity index (χ1) is 8.94. The normalized spacial score (nSPS) is 28.4. The molecule has 20 heavy (non-hydrogen) atoms. The van der Waals surface area contributed by atoms with Crippen molar-refractivity contribution in [1.29, 1.82) is 0 Å². The zero-order valence-corrected chi connectivity index (χ0v) is 12.8. The van der Waals surface area contributed by atoms with E-state index in [1.165, 1.54) is 0 Å². The minimum atomic E-state index is -4.74. The highest BCUT2D eigenvalue weighted by molar-refractivity contribution is 5.84. The van der Waals surface area contributed by atoms with E-state index < -0.39 is 18.4 Å². The molecule has 1 rings (SSSR count). The summed E-state index contributed by atoms with van der Waals surface area (Å²) < 4.78 is 41.8. The van der Waals surface area contributed by atoms with Gasteiger partial charge in [0.1, 0.15) is 0 Å². The third kappa shape index (κ3) is 5.08. The van der Waals surface area contributed by atoms with Crippen LogP contribution in [0.5, 0.6) is 0 Å². The third-order valence-electron chi connectivity index (χ3n) is 4.36. The van der Waals surface area contributed by atoms with Crippen LogP contribution in [0.2, 0.25) is 0 Å². The maximum absolute atomic E-state index is 12.1. The van der Waals surface area contributed by atoms with Gasteiger partial charge in [-0.25, -0.2) is 0 Å². The average Bonchev–Trinajstić information content (AvgIpc) is 2.26. The van der Waals surface area contributed by atoms with E-state index in [1.807, 2.05) is 6.92 Å². The number of hydrogen-bond donors (Lipinski definition) is 0. The predicted octanol–water partition coefficient (Wildman–Crippen LogP) is 4.52. The first kappa shape index (κ1) is 17.5. The molecule has 0 aromatic rings. The second-order valence-corrected chi connectivity index (χ2v) is 7.11. The number of hydrogen-bond acceptors (Lipinski definition) is 2. The molecule has 1 fully saturated rings. The van der Waals surface area contributed by atoms with E-state index in [0.29, 0.717) is 5.92 Å². The largest absolute Gasteiger partial charge is 0.450 e. The Hall–Kier alpha value is -0.580. The van der Waals surface area contributed by atoms with E-state index in [2.05, 4.69) is 20.8 Å². The van der Waals surface area contributed by atoms with Crippen molar-refractivity contribution < 1.29 is 22.7 Å². The molecule has 0 radical (unpaired) electrons. The molecule has 0 amide bonds. The maximum Gasteiger partial charge on any atom is 0.450 e. The average molecular weight is 294 g/mol. The standard InChI is InChI=1S/C15H25F3O2/c1-13(2,3)11-5-8-14(4,9-6-11)20-10-7-12(19)15(16,17)18/h11H,5-10H2,1-4H3. The smallest absolute Gasteiger partial charge is 0.375 e. The second-order valence-electron chi connectivity index (χ2n) is 7.11. The number of ether oxygens (including phenoxy) is 1. The lowest BCUT2D eigenvalue weighted by molar-refractivity contribution is -0.173. The molecule has 2 nitrogen and oxygen atoms in total. The molecule has 0 spiro atoms.